The first-order valence-corrected chi connectivity index (χ1v) is 14.5. The fourth-order valence-corrected chi connectivity index (χ4v) is 10.0. The normalized spacial score (nSPS) is 42.0. The lowest BCUT2D eigenvalue weighted by molar-refractivity contribution is -0.313. The number of nitrogens with zero attached hydrogens (tertiary/aromatic N) is 1. The molecular weight excluding hydrogens is 450 g/mol. The summed E-state index contributed by atoms with van der Waals surface area (Å²) in [4.78, 5) is 2.87. The van der Waals surface area contributed by atoms with E-state index in [1.165, 1.54) is 30.5 Å². The molecular formula is C31H45NO4. The Hall–Kier alpha value is -1.30. The first kappa shape index (κ1) is 23.8. The van der Waals surface area contributed by atoms with Gasteiger partial charge in [0.2, 0.25) is 0 Å². The molecule has 2 heterocycles. The molecule has 5 fully saturated rings. The predicted molar refractivity (Wildman–Crippen MR) is 140 cm³/mol. The van der Waals surface area contributed by atoms with Gasteiger partial charge in [0.1, 0.15) is 11.7 Å². The minimum Gasteiger partial charge on any atom is -0.493 e. The highest BCUT2D eigenvalue weighted by Gasteiger charge is 2.82. The Kier molecular flexibility index (Phi) is 4.76. The number of piperidine rings is 1. The highest BCUT2D eigenvalue weighted by Crippen LogP contribution is 2.78. The third kappa shape index (κ3) is 2.50. The van der Waals surface area contributed by atoms with Crippen LogP contribution in [-0.2, 0) is 16.6 Å². The van der Waals surface area contributed by atoms with Crippen molar-refractivity contribution in [2.75, 3.05) is 27.3 Å². The number of rotatable bonds is 7. The van der Waals surface area contributed by atoms with Gasteiger partial charge in [-0.05, 0) is 87.8 Å². The summed E-state index contributed by atoms with van der Waals surface area (Å²) >= 11 is 0. The molecule has 1 N–H and O–H groups in total. The number of likely N-dealkylation sites (tertiary alicyclic amines) is 1. The van der Waals surface area contributed by atoms with Crippen LogP contribution < -0.4 is 9.47 Å². The molecule has 0 aromatic heterocycles. The summed E-state index contributed by atoms with van der Waals surface area (Å²) in [6, 6.07) is 4.94. The second kappa shape index (κ2) is 7.21. The van der Waals surface area contributed by atoms with E-state index < -0.39 is 11.2 Å². The first-order chi connectivity index (χ1) is 17.1. The molecule has 5 heteroatoms. The molecule has 2 spiro atoms. The topological polar surface area (TPSA) is 51.2 Å². The van der Waals surface area contributed by atoms with Gasteiger partial charge < -0.3 is 19.3 Å². The number of aliphatic hydroxyl groups is 1. The van der Waals surface area contributed by atoms with Crippen LogP contribution >= 0.6 is 0 Å². The molecule has 1 saturated heterocycles. The van der Waals surface area contributed by atoms with E-state index in [2.05, 4.69) is 44.7 Å². The van der Waals surface area contributed by atoms with Crippen LogP contribution in [0.2, 0.25) is 0 Å². The maximum absolute atomic E-state index is 12.5. The Balaban J connectivity index is 1.47. The standard InChI is InChI=1S/C31H45NO4/c1-7-27(2,3)28(4,33)22-17-29-12-13-31(22,35-6)26-30(29)14-15-32(18-19-8-9-19)23(29)16-20-10-11-21(34-5)25(36-26)24(20)30/h10-11,19,22-23,26,33H,7-9,12-18H2,1-6H3/t22-,23-,26-,28+,29-,30+,31-/m1/s1. The molecule has 0 unspecified atom stereocenters. The number of methoxy groups -OCH3 is 2. The predicted octanol–water partition coefficient (Wildman–Crippen LogP) is 5.11. The minimum atomic E-state index is -0.870. The van der Waals surface area contributed by atoms with Gasteiger partial charge in [0.25, 0.3) is 0 Å². The highest BCUT2D eigenvalue weighted by molar-refractivity contribution is 5.63. The van der Waals surface area contributed by atoms with E-state index in [1.54, 1.807) is 7.11 Å². The fourth-order valence-electron chi connectivity index (χ4n) is 10.0. The molecule has 4 saturated carbocycles. The van der Waals surface area contributed by atoms with Gasteiger partial charge in [0, 0.05) is 42.0 Å². The summed E-state index contributed by atoms with van der Waals surface area (Å²) in [6.45, 7) is 11.2. The van der Waals surface area contributed by atoms with Gasteiger partial charge >= 0.3 is 0 Å². The third-order valence-electron chi connectivity index (χ3n) is 12.8. The monoisotopic (exact) mass is 495 g/mol. The van der Waals surface area contributed by atoms with Gasteiger partial charge in [-0.15, -0.1) is 0 Å². The van der Waals surface area contributed by atoms with Crippen molar-refractivity contribution in [3.05, 3.63) is 23.3 Å². The van der Waals surface area contributed by atoms with E-state index in [9.17, 15) is 5.11 Å². The van der Waals surface area contributed by atoms with Crippen LogP contribution in [0.4, 0.5) is 0 Å². The molecule has 2 aliphatic heterocycles. The molecule has 1 aromatic rings. The third-order valence-corrected chi connectivity index (χ3v) is 12.8. The molecule has 5 aliphatic carbocycles. The zero-order valence-corrected chi connectivity index (χ0v) is 23.2. The first-order valence-electron chi connectivity index (χ1n) is 14.5. The number of ether oxygens (including phenoxy) is 3. The lowest BCUT2D eigenvalue weighted by Crippen LogP contribution is -2.83. The van der Waals surface area contributed by atoms with Crippen molar-refractivity contribution in [3.63, 3.8) is 0 Å². The maximum atomic E-state index is 12.5. The molecule has 7 aliphatic rings. The Bertz CT molecular complexity index is 1090. The summed E-state index contributed by atoms with van der Waals surface area (Å²) in [5, 5.41) is 12.5. The Morgan fingerprint density at radius 3 is 2.58 bits per heavy atom. The Labute approximate surface area is 216 Å². The van der Waals surface area contributed by atoms with Crippen molar-refractivity contribution < 1.29 is 19.3 Å². The highest BCUT2D eigenvalue weighted by atomic mass is 16.6. The van der Waals surface area contributed by atoms with Crippen LogP contribution in [-0.4, -0.2) is 60.7 Å². The second-order valence-electron chi connectivity index (χ2n) is 14.0. The van der Waals surface area contributed by atoms with Crippen molar-refractivity contribution >= 4 is 0 Å². The van der Waals surface area contributed by atoms with E-state index in [0.717, 1.165) is 62.5 Å². The molecule has 7 atom stereocenters. The lowest BCUT2D eigenvalue weighted by atomic mass is 9.33. The van der Waals surface area contributed by atoms with E-state index >= 15 is 0 Å². The minimum absolute atomic E-state index is 0.0158. The summed E-state index contributed by atoms with van der Waals surface area (Å²) < 4.78 is 19.7. The second-order valence-corrected chi connectivity index (χ2v) is 14.0. The molecule has 0 amide bonds. The van der Waals surface area contributed by atoms with Gasteiger partial charge in [0.05, 0.1) is 12.7 Å². The average Bonchev–Trinajstić information content (AvgIpc) is 3.62. The number of hydrogen-bond acceptors (Lipinski definition) is 5. The zero-order chi connectivity index (χ0) is 25.3. The zero-order valence-electron chi connectivity index (χ0n) is 23.2. The summed E-state index contributed by atoms with van der Waals surface area (Å²) in [7, 11) is 3.64. The molecule has 4 bridgehead atoms. The van der Waals surface area contributed by atoms with Crippen LogP contribution in [0.1, 0.15) is 83.8 Å². The maximum Gasteiger partial charge on any atom is 0.165 e. The molecule has 198 valence electrons. The van der Waals surface area contributed by atoms with Crippen molar-refractivity contribution in [1.82, 2.24) is 4.90 Å². The Morgan fingerprint density at radius 2 is 1.92 bits per heavy atom. The number of fused-ring (bicyclic) bond motifs is 2. The molecule has 36 heavy (non-hydrogen) atoms. The van der Waals surface area contributed by atoms with E-state index in [-0.39, 0.29) is 28.3 Å². The summed E-state index contributed by atoms with van der Waals surface area (Å²) in [6.07, 6.45) is 8.94. The summed E-state index contributed by atoms with van der Waals surface area (Å²) in [5.41, 5.74) is 1.31. The van der Waals surface area contributed by atoms with Crippen molar-refractivity contribution in [2.45, 2.75) is 108 Å². The largest absolute Gasteiger partial charge is 0.493 e. The van der Waals surface area contributed by atoms with Gasteiger partial charge in [-0.1, -0.05) is 26.8 Å². The van der Waals surface area contributed by atoms with Crippen LogP contribution in [0.25, 0.3) is 0 Å². The summed E-state index contributed by atoms with van der Waals surface area (Å²) in [5.74, 6) is 2.72. The van der Waals surface area contributed by atoms with E-state index in [4.69, 9.17) is 14.2 Å². The average molecular weight is 496 g/mol. The molecule has 5 nitrogen and oxygen atoms in total. The number of hydrogen-bond donors (Lipinski definition) is 1. The SMILES string of the molecule is CCC(C)(C)[C@@](C)(O)[C@H]1C[C@@]23CC[C@]1(OC)[C@@H]1Oc4c(OC)ccc5c4[C@@]12CCN(CC1CC1)[C@@H]3C5. The van der Waals surface area contributed by atoms with Crippen LogP contribution in [0.3, 0.4) is 0 Å². The van der Waals surface area contributed by atoms with E-state index in [0.29, 0.717) is 6.04 Å². The molecule has 1 aromatic carbocycles. The van der Waals surface area contributed by atoms with E-state index in [1.807, 2.05) is 7.11 Å². The smallest absolute Gasteiger partial charge is 0.165 e. The quantitative estimate of drug-likeness (QED) is 0.570. The lowest BCUT2D eigenvalue weighted by Gasteiger charge is -2.75. The van der Waals surface area contributed by atoms with Crippen molar-refractivity contribution in [3.8, 4) is 11.5 Å². The fraction of sp³-hybridized carbons (Fsp3) is 0.806. The van der Waals surface area contributed by atoms with Gasteiger partial charge in [-0.3, -0.25) is 4.90 Å². The van der Waals surface area contributed by atoms with Crippen LogP contribution in [0.15, 0.2) is 12.1 Å². The van der Waals surface area contributed by atoms with Gasteiger partial charge in [-0.25, -0.2) is 0 Å². The molecule has 8 rings (SSSR count). The van der Waals surface area contributed by atoms with Crippen molar-refractivity contribution in [1.29, 1.82) is 0 Å². The van der Waals surface area contributed by atoms with Crippen molar-refractivity contribution in [2.24, 2.45) is 22.7 Å². The molecule has 0 radical (unpaired) electrons. The van der Waals surface area contributed by atoms with Gasteiger partial charge in [0.15, 0.2) is 11.5 Å². The van der Waals surface area contributed by atoms with Crippen LogP contribution in [0.5, 0.6) is 11.5 Å². The Morgan fingerprint density at radius 1 is 1.14 bits per heavy atom. The van der Waals surface area contributed by atoms with Gasteiger partial charge in [-0.2, -0.15) is 0 Å². The number of benzene rings is 1. The van der Waals surface area contributed by atoms with Crippen LogP contribution in [0, 0.1) is 22.7 Å².